The number of rotatable bonds is 1. The molecular weight excluding hydrogens is 169 g/mol. The minimum atomic E-state index is -0.336. The number of fused-ring (bicyclic) bond motifs is 1. The number of methoxy groups -OCH3 is 1. The van der Waals surface area contributed by atoms with E-state index in [-0.39, 0.29) is 11.6 Å². The second kappa shape index (κ2) is 2.76. The fourth-order valence-electron chi connectivity index (χ4n) is 1.42. The van der Waals surface area contributed by atoms with Crippen LogP contribution >= 0.6 is 0 Å². The van der Waals surface area contributed by atoms with E-state index in [1.54, 1.807) is 6.07 Å². The average Bonchev–Trinajstić information content (AvgIpc) is 2.46. The molecule has 1 aromatic carbocycles. The summed E-state index contributed by atoms with van der Waals surface area (Å²) in [6.07, 6.45) is 1.85. The molecule has 0 fully saturated rings. The molecular formula is C10H10FNO. The van der Waals surface area contributed by atoms with Crippen molar-refractivity contribution in [1.82, 2.24) is 4.98 Å². The molecule has 2 aromatic rings. The monoisotopic (exact) mass is 179 g/mol. The first-order valence-corrected chi connectivity index (χ1v) is 4.03. The number of aryl methyl sites for hydroxylation is 1. The Labute approximate surface area is 75.3 Å². The highest BCUT2D eigenvalue weighted by Crippen LogP contribution is 2.25. The molecule has 0 radical (unpaired) electrons. The van der Waals surface area contributed by atoms with Crippen molar-refractivity contribution in [3.8, 4) is 5.75 Å². The zero-order chi connectivity index (χ0) is 9.42. The van der Waals surface area contributed by atoms with Crippen LogP contribution in [-0.4, -0.2) is 12.1 Å². The van der Waals surface area contributed by atoms with Crippen molar-refractivity contribution in [3.63, 3.8) is 0 Å². The molecule has 68 valence electrons. The molecule has 0 bridgehead atoms. The lowest BCUT2D eigenvalue weighted by Gasteiger charge is -2.01. The zero-order valence-corrected chi connectivity index (χ0v) is 7.52. The van der Waals surface area contributed by atoms with Crippen molar-refractivity contribution < 1.29 is 9.13 Å². The van der Waals surface area contributed by atoms with E-state index in [1.807, 2.05) is 13.1 Å². The van der Waals surface area contributed by atoms with Crippen LogP contribution in [0.5, 0.6) is 5.75 Å². The van der Waals surface area contributed by atoms with Gasteiger partial charge in [-0.2, -0.15) is 0 Å². The molecule has 1 aromatic heterocycles. The van der Waals surface area contributed by atoms with E-state index >= 15 is 0 Å². The lowest BCUT2D eigenvalue weighted by Crippen LogP contribution is -1.87. The van der Waals surface area contributed by atoms with Crippen LogP contribution in [0, 0.1) is 12.7 Å². The van der Waals surface area contributed by atoms with Gasteiger partial charge in [0.05, 0.1) is 7.11 Å². The van der Waals surface area contributed by atoms with Gasteiger partial charge >= 0.3 is 0 Å². The van der Waals surface area contributed by atoms with Crippen molar-refractivity contribution in [3.05, 3.63) is 29.7 Å². The molecule has 0 amide bonds. The molecule has 0 saturated heterocycles. The van der Waals surface area contributed by atoms with Crippen LogP contribution in [-0.2, 0) is 0 Å². The number of hydrogen-bond acceptors (Lipinski definition) is 1. The maximum atomic E-state index is 13.2. The first kappa shape index (κ1) is 8.10. The summed E-state index contributed by atoms with van der Waals surface area (Å²) < 4.78 is 18.1. The summed E-state index contributed by atoms with van der Waals surface area (Å²) in [6, 6.07) is 3.15. The number of nitrogens with one attached hydrogen (secondary N) is 1. The first-order valence-electron chi connectivity index (χ1n) is 4.03. The van der Waals surface area contributed by atoms with Gasteiger partial charge in [-0.25, -0.2) is 4.39 Å². The molecule has 0 saturated carbocycles. The van der Waals surface area contributed by atoms with E-state index < -0.39 is 0 Å². The molecule has 1 heterocycles. The Morgan fingerprint density at radius 2 is 2.15 bits per heavy atom. The van der Waals surface area contributed by atoms with Gasteiger partial charge in [0, 0.05) is 23.2 Å². The van der Waals surface area contributed by atoms with Gasteiger partial charge in [-0.1, -0.05) is 0 Å². The van der Waals surface area contributed by atoms with Crippen LogP contribution < -0.4 is 4.74 Å². The fourth-order valence-corrected chi connectivity index (χ4v) is 1.42. The Hall–Kier alpha value is -1.51. The standard InChI is InChI=1S/C10H10FNO/c1-6-5-12-9-4-8(11)10(13-2)3-7(6)9/h3-5,12H,1-2H3. The van der Waals surface area contributed by atoms with E-state index in [4.69, 9.17) is 4.74 Å². The van der Waals surface area contributed by atoms with E-state index in [2.05, 4.69) is 4.98 Å². The summed E-state index contributed by atoms with van der Waals surface area (Å²) in [7, 11) is 1.46. The maximum absolute atomic E-state index is 13.2. The SMILES string of the molecule is COc1cc2c(C)c[nH]c2cc1F. The summed E-state index contributed by atoms with van der Waals surface area (Å²) in [5, 5.41) is 0.998. The predicted octanol–water partition coefficient (Wildman–Crippen LogP) is 2.62. The van der Waals surface area contributed by atoms with Crippen molar-refractivity contribution in [2.75, 3.05) is 7.11 Å². The minimum Gasteiger partial charge on any atom is -0.494 e. The Morgan fingerprint density at radius 3 is 2.85 bits per heavy atom. The lowest BCUT2D eigenvalue weighted by molar-refractivity contribution is 0.387. The normalized spacial score (nSPS) is 10.7. The molecule has 3 heteroatoms. The minimum absolute atomic E-state index is 0.287. The number of benzene rings is 1. The van der Waals surface area contributed by atoms with Crippen molar-refractivity contribution >= 4 is 10.9 Å². The van der Waals surface area contributed by atoms with Crippen molar-refractivity contribution in [2.45, 2.75) is 6.92 Å². The largest absolute Gasteiger partial charge is 0.494 e. The Morgan fingerprint density at radius 1 is 1.38 bits per heavy atom. The number of aromatic amines is 1. The summed E-state index contributed by atoms with van der Waals surface area (Å²) in [4.78, 5) is 2.98. The number of halogens is 1. The molecule has 0 atom stereocenters. The van der Waals surface area contributed by atoms with Gasteiger partial charge in [-0.05, 0) is 18.6 Å². The second-order valence-electron chi connectivity index (χ2n) is 3.00. The van der Waals surface area contributed by atoms with Crippen LogP contribution in [0.25, 0.3) is 10.9 Å². The quantitative estimate of drug-likeness (QED) is 0.715. The highest BCUT2D eigenvalue weighted by molar-refractivity contribution is 5.84. The average molecular weight is 179 g/mol. The second-order valence-corrected chi connectivity index (χ2v) is 3.00. The highest BCUT2D eigenvalue weighted by Gasteiger charge is 2.06. The third-order valence-corrected chi connectivity index (χ3v) is 2.16. The molecule has 1 N–H and O–H groups in total. The molecule has 0 unspecified atom stereocenters. The van der Waals surface area contributed by atoms with Crippen LogP contribution in [0.4, 0.5) is 4.39 Å². The zero-order valence-electron chi connectivity index (χ0n) is 7.52. The molecule has 2 nitrogen and oxygen atoms in total. The number of aromatic nitrogens is 1. The topological polar surface area (TPSA) is 25.0 Å². The van der Waals surface area contributed by atoms with Gasteiger partial charge in [0.25, 0.3) is 0 Å². The van der Waals surface area contributed by atoms with E-state index in [0.29, 0.717) is 0 Å². The number of H-pyrrole nitrogens is 1. The molecule has 0 aliphatic carbocycles. The van der Waals surface area contributed by atoms with Crippen molar-refractivity contribution in [1.29, 1.82) is 0 Å². The van der Waals surface area contributed by atoms with Gasteiger partial charge < -0.3 is 9.72 Å². The Balaban J connectivity index is 2.77. The van der Waals surface area contributed by atoms with Gasteiger partial charge in [0.2, 0.25) is 0 Å². The third-order valence-electron chi connectivity index (χ3n) is 2.16. The van der Waals surface area contributed by atoms with Gasteiger partial charge in [-0.15, -0.1) is 0 Å². The molecule has 0 aliphatic heterocycles. The lowest BCUT2D eigenvalue weighted by atomic mass is 10.2. The van der Waals surface area contributed by atoms with Crippen LogP contribution in [0.2, 0.25) is 0 Å². The van der Waals surface area contributed by atoms with Crippen LogP contribution in [0.15, 0.2) is 18.3 Å². The van der Waals surface area contributed by atoms with E-state index in [9.17, 15) is 4.39 Å². The highest BCUT2D eigenvalue weighted by atomic mass is 19.1. The predicted molar refractivity (Wildman–Crippen MR) is 49.5 cm³/mol. The number of ether oxygens (including phenoxy) is 1. The van der Waals surface area contributed by atoms with Gasteiger partial charge in [0.15, 0.2) is 11.6 Å². The van der Waals surface area contributed by atoms with Crippen LogP contribution in [0.3, 0.4) is 0 Å². The Kier molecular flexibility index (Phi) is 1.72. The van der Waals surface area contributed by atoms with Crippen molar-refractivity contribution in [2.24, 2.45) is 0 Å². The Bertz CT molecular complexity index is 447. The maximum Gasteiger partial charge on any atom is 0.167 e. The summed E-state index contributed by atoms with van der Waals surface area (Å²) in [5.74, 6) is -0.0490. The third kappa shape index (κ3) is 1.16. The van der Waals surface area contributed by atoms with Crippen LogP contribution in [0.1, 0.15) is 5.56 Å². The molecule has 0 spiro atoms. The van der Waals surface area contributed by atoms with Gasteiger partial charge in [0.1, 0.15) is 0 Å². The van der Waals surface area contributed by atoms with E-state index in [0.717, 1.165) is 16.5 Å². The summed E-state index contributed by atoms with van der Waals surface area (Å²) >= 11 is 0. The number of hydrogen-bond donors (Lipinski definition) is 1. The molecule has 2 rings (SSSR count). The van der Waals surface area contributed by atoms with E-state index in [1.165, 1.54) is 13.2 Å². The molecule has 0 aliphatic rings. The van der Waals surface area contributed by atoms with Gasteiger partial charge in [-0.3, -0.25) is 0 Å². The fraction of sp³-hybridized carbons (Fsp3) is 0.200. The first-order chi connectivity index (χ1) is 6.22. The summed E-state index contributed by atoms with van der Waals surface area (Å²) in [6.45, 7) is 1.97. The molecule has 13 heavy (non-hydrogen) atoms. The smallest absolute Gasteiger partial charge is 0.167 e. The summed E-state index contributed by atoms with van der Waals surface area (Å²) in [5.41, 5.74) is 1.89.